The Morgan fingerprint density at radius 3 is 2.36 bits per heavy atom. The third-order valence-electron chi connectivity index (χ3n) is 1.40. The van der Waals surface area contributed by atoms with Crippen LogP contribution in [0.4, 0.5) is 0 Å². The van der Waals surface area contributed by atoms with Crippen molar-refractivity contribution in [1.29, 1.82) is 0 Å². The molecular weight excluding hydrogens is 156 g/mol. The number of rotatable bonds is 2. The maximum absolute atomic E-state index is 11.1. The largest absolute Gasteiger partial charge is 0.250 e. The zero-order valence-electron chi connectivity index (χ0n) is 6.41. The third-order valence-corrected chi connectivity index (χ3v) is 2.44. The molecule has 11 heavy (non-hydrogen) atoms. The molecule has 1 rings (SSSR count). The normalized spacial score (nSPS) is 12.5. The standard InChI is InChI=1S/C9H10OS/c1-3-11(10)9-6-4-8(2)5-7-9/h3-7H,1H2,2H3/t11-/m1/s1. The average molecular weight is 166 g/mol. The molecule has 0 radical (unpaired) electrons. The molecule has 0 spiro atoms. The highest BCUT2D eigenvalue weighted by molar-refractivity contribution is 7.88. The van der Waals surface area contributed by atoms with Crippen molar-refractivity contribution >= 4 is 10.8 Å². The van der Waals surface area contributed by atoms with Crippen molar-refractivity contribution in [3.05, 3.63) is 41.8 Å². The highest BCUT2D eigenvalue weighted by Crippen LogP contribution is 2.08. The molecule has 2 heteroatoms. The molecule has 0 aromatic heterocycles. The molecule has 0 aliphatic heterocycles. The summed E-state index contributed by atoms with van der Waals surface area (Å²) >= 11 is 0. The van der Waals surface area contributed by atoms with Crippen LogP contribution in [0.1, 0.15) is 5.56 Å². The number of benzene rings is 1. The van der Waals surface area contributed by atoms with Gasteiger partial charge in [-0.15, -0.1) is 0 Å². The van der Waals surface area contributed by atoms with Crippen LogP contribution >= 0.6 is 0 Å². The SMILES string of the molecule is C=C[S@@](=O)c1ccc(C)cc1. The molecule has 0 aliphatic carbocycles. The molecule has 0 saturated carbocycles. The van der Waals surface area contributed by atoms with Crippen LogP contribution < -0.4 is 0 Å². The maximum Gasteiger partial charge on any atom is 0.0769 e. The topological polar surface area (TPSA) is 17.1 Å². The summed E-state index contributed by atoms with van der Waals surface area (Å²) in [6.07, 6.45) is 0. The summed E-state index contributed by atoms with van der Waals surface area (Å²) in [4.78, 5) is 0.811. The summed E-state index contributed by atoms with van der Waals surface area (Å²) in [6, 6.07) is 7.59. The molecule has 58 valence electrons. The van der Waals surface area contributed by atoms with Crippen molar-refractivity contribution in [3.63, 3.8) is 0 Å². The lowest BCUT2D eigenvalue weighted by Crippen LogP contribution is -1.84. The molecule has 0 unspecified atom stereocenters. The van der Waals surface area contributed by atoms with E-state index < -0.39 is 10.8 Å². The summed E-state index contributed by atoms with van der Waals surface area (Å²) in [7, 11) is -1.03. The Bertz CT molecular complexity index is 274. The minimum absolute atomic E-state index is 0.811. The van der Waals surface area contributed by atoms with Gasteiger partial charge in [-0.2, -0.15) is 0 Å². The van der Waals surface area contributed by atoms with Crippen molar-refractivity contribution in [2.75, 3.05) is 0 Å². The van der Waals surface area contributed by atoms with Crippen LogP contribution in [0.15, 0.2) is 41.1 Å². The molecule has 0 amide bonds. The van der Waals surface area contributed by atoms with Crippen LogP contribution in [0.2, 0.25) is 0 Å². The van der Waals surface area contributed by atoms with E-state index >= 15 is 0 Å². The molecule has 0 saturated heterocycles. The van der Waals surface area contributed by atoms with Gasteiger partial charge in [-0.25, -0.2) is 4.21 Å². The van der Waals surface area contributed by atoms with E-state index in [-0.39, 0.29) is 0 Å². The number of hydrogen-bond acceptors (Lipinski definition) is 1. The molecule has 0 fully saturated rings. The van der Waals surface area contributed by atoms with Crippen LogP contribution in [0.5, 0.6) is 0 Å². The molecular formula is C9H10OS. The highest BCUT2D eigenvalue weighted by Gasteiger charge is 1.95. The molecule has 1 nitrogen and oxygen atoms in total. The lowest BCUT2D eigenvalue weighted by Gasteiger charge is -1.95. The van der Waals surface area contributed by atoms with Gasteiger partial charge in [0.25, 0.3) is 0 Å². The van der Waals surface area contributed by atoms with Crippen molar-refractivity contribution in [1.82, 2.24) is 0 Å². The summed E-state index contributed by atoms with van der Waals surface area (Å²) < 4.78 is 11.1. The second-order valence-electron chi connectivity index (χ2n) is 2.28. The van der Waals surface area contributed by atoms with Gasteiger partial charge in [-0.1, -0.05) is 24.3 Å². The van der Waals surface area contributed by atoms with Gasteiger partial charge in [0.1, 0.15) is 0 Å². The predicted molar refractivity (Wildman–Crippen MR) is 47.8 cm³/mol. The first-order valence-electron chi connectivity index (χ1n) is 3.34. The quantitative estimate of drug-likeness (QED) is 0.658. The fraction of sp³-hybridized carbons (Fsp3) is 0.111. The van der Waals surface area contributed by atoms with E-state index in [1.54, 1.807) is 0 Å². The fourth-order valence-electron chi connectivity index (χ4n) is 0.769. The molecule has 0 bridgehead atoms. The van der Waals surface area contributed by atoms with Gasteiger partial charge in [0.05, 0.1) is 10.8 Å². The van der Waals surface area contributed by atoms with Gasteiger partial charge in [0.15, 0.2) is 0 Å². The molecule has 0 heterocycles. The van der Waals surface area contributed by atoms with Gasteiger partial charge < -0.3 is 0 Å². The van der Waals surface area contributed by atoms with E-state index in [1.165, 1.54) is 11.0 Å². The van der Waals surface area contributed by atoms with Crippen LogP contribution in [0.3, 0.4) is 0 Å². The molecule has 0 N–H and O–H groups in total. The monoisotopic (exact) mass is 166 g/mol. The Morgan fingerprint density at radius 1 is 1.36 bits per heavy atom. The predicted octanol–water partition coefficient (Wildman–Crippen LogP) is 2.25. The second kappa shape index (κ2) is 3.49. The Balaban J connectivity index is 2.98. The highest BCUT2D eigenvalue weighted by atomic mass is 32.2. The average Bonchev–Trinajstić information content (AvgIpc) is 2.05. The van der Waals surface area contributed by atoms with Crippen LogP contribution in [0.25, 0.3) is 0 Å². The molecule has 1 aromatic carbocycles. The lowest BCUT2D eigenvalue weighted by atomic mass is 10.2. The van der Waals surface area contributed by atoms with Gasteiger partial charge in [-0.3, -0.25) is 0 Å². The first-order valence-corrected chi connectivity index (χ1v) is 4.55. The van der Waals surface area contributed by atoms with E-state index in [0.29, 0.717) is 0 Å². The van der Waals surface area contributed by atoms with Gasteiger partial charge in [-0.05, 0) is 19.1 Å². The first-order chi connectivity index (χ1) is 5.24. The minimum atomic E-state index is -1.03. The summed E-state index contributed by atoms with van der Waals surface area (Å²) in [5.41, 5.74) is 1.18. The summed E-state index contributed by atoms with van der Waals surface area (Å²) in [6.45, 7) is 5.46. The molecule has 0 aliphatic rings. The maximum atomic E-state index is 11.1. The fourth-order valence-corrected chi connectivity index (χ4v) is 1.37. The van der Waals surface area contributed by atoms with Crippen LogP contribution in [0, 0.1) is 6.92 Å². The van der Waals surface area contributed by atoms with E-state index in [1.807, 2.05) is 31.2 Å². The summed E-state index contributed by atoms with van der Waals surface area (Å²) in [5, 5.41) is 1.44. The lowest BCUT2D eigenvalue weighted by molar-refractivity contribution is 0.688. The number of aryl methyl sites for hydroxylation is 1. The van der Waals surface area contributed by atoms with Crippen LogP contribution in [-0.4, -0.2) is 4.21 Å². The zero-order chi connectivity index (χ0) is 8.27. The second-order valence-corrected chi connectivity index (χ2v) is 3.68. The summed E-state index contributed by atoms with van der Waals surface area (Å²) in [5.74, 6) is 0. The van der Waals surface area contributed by atoms with E-state index in [2.05, 4.69) is 6.58 Å². The Labute approximate surface area is 69.2 Å². The van der Waals surface area contributed by atoms with Crippen molar-refractivity contribution in [2.24, 2.45) is 0 Å². The van der Waals surface area contributed by atoms with E-state index in [9.17, 15) is 4.21 Å². The van der Waals surface area contributed by atoms with Gasteiger partial charge in [0, 0.05) is 10.3 Å². The molecule has 1 atom stereocenters. The Kier molecular flexibility index (Phi) is 2.60. The zero-order valence-corrected chi connectivity index (χ0v) is 7.23. The first kappa shape index (κ1) is 8.21. The van der Waals surface area contributed by atoms with Crippen molar-refractivity contribution in [2.45, 2.75) is 11.8 Å². The smallest absolute Gasteiger partial charge is 0.0769 e. The van der Waals surface area contributed by atoms with E-state index in [0.717, 1.165) is 4.90 Å². The van der Waals surface area contributed by atoms with E-state index in [4.69, 9.17) is 0 Å². The van der Waals surface area contributed by atoms with Gasteiger partial charge >= 0.3 is 0 Å². The van der Waals surface area contributed by atoms with Crippen molar-refractivity contribution in [3.8, 4) is 0 Å². The third kappa shape index (κ3) is 2.02. The van der Waals surface area contributed by atoms with Crippen molar-refractivity contribution < 1.29 is 4.21 Å². The number of hydrogen-bond donors (Lipinski definition) is 0. The Morgan fingerprint density at radius 2 is 1.91 bits per heavy atom. The van der Waals surface area contributed by atoms with Crippen LogP contribution in [-0.2, 0) is 10.8 Å². The minimum Gasteiger partial charge on any atom is -0.250 e. The molecule has 1 aromatic rings. The Hall–Kier alpha value is -0.890. The van der Waals surface area contributed by atoms with Gasteiger partial charge in [0.2, 0.25) is 0 Å².